The number of methoxy groups -OCH3 is 1. The van der Waals surface area contributed by atoms with Gasteiger partial charge in [-0.05, 0) is 146 Å². The van der Waals surface area contributed by atoms with E-state index in [1.165, 1.54) is 35.4 Å². The Morgan fingerprint density at radius 1 is 0.872 bits per heavy atom. The topological polar surface area (TPSA) is 218 Å². The van der Waals surface area contributed by atoms with Crippen molar-refractivity contribution in [3.63, 3.8) is 0 Å². The number of ether oxygens (including phenoxy) is 2. The van der Waals surface area contributed by atoms with Crippen molar-refractivity contribution in [2.75, 3.05) is 51.8 Å². The van der Waals surface area contributed by atoms with Gasteiger partial charge in [0, 0.05) is 96.5 Å². The lowest BCUT2D eigenvalue weighted by Crippen LogP contribution is -2.81. The summed E-state index contributed by atoms with van der Waals surface area (Å²) >= 11 is 0. The molecule has 0 radical (unpaired) electrons. The van der Waals surface area contributed by atoms with Crippen molar-refractivity contribution in [3.8, 4) is 11.5 Å². The van der Waals surface area contributed by atoms with Gasteiger partial charge in [-0.1, -0.05) is 51.0 Å². The highest BCUT2D eigenvalue weighted by atomic mass is 32.2. The zero-order valence-electron chi connectivity index (χ0n) is 46.2. The number of anilines is 1. The van der Waals surface area contributed by atoms with Gasteiger partial charge in [0.1, 0.15) is 28.4 Å². The zero-order valence-corrected chi connectivity index (χ0v) is 47.8. The number of likely N-dealkylation sites (tertiary alicyclic amines) is 1. The number of allylic oxidation sites excluding steroid dienone is 6. The second-order valence-corrected chi connectivity index (χ2v) is 26.7. The van der Waals surface area contributed by atoms with E-state index < -0.39 is 36.7 Å². The predicted octanol–water partition coefficient (Wildman–Crippen LogP) is 8.23. The Morgan fingerprint density at radius 3 is 2.31 bits per heavy atom. The van der Waals surface area contributed by atoms with Crippen LogP contribution in [-0.4, -0.2) is 123 Å². The van der Waals surface area contributed by atoms with E-state index in [9.17, 15) is 40.6 Å². The molecule has 4 heterocycles. The summed E-state index contributed by atoms with van der Waals surface area (Å²) in [6.45, 7) is 13.4. The summed E-state index contributed by atoms with van der Waals surface area (Å²) in [5.74, 6) is 0.447. The number of likely N-dealkylation sites (N-methyl/N-ethyl adjacent to an activating group) is 2. The Balaban J connectivity index is 0.689. The summed E-state index contributed by atoms with van der Waals surface area (Å²) in [5, 5.41) is 17.4. The number of aromatic hydroxyl groups is 1. The number of rotatable bonds is 21. The predicted molar refractivity (Wildman–Crippen MR) is 297 cm³/mol. The maximum absolute atomic E-state index is 14.3. The standard InChI is InChI=1S/C60H77N5O11S2/c1-8-64-45-25-23-40(77(69,70)71)36-42(45)56(2,3)48(64)19-13-11-14-20-49-57(4,5)43-37-41(78(72,73)74)24-26-46(43)65(49)33-18-12-15-21-51(67)61-31-16-9-10-17-32-62-54(68)44-38-58-28-29-60(44,75-7)55-59(58)30-34-63(6)50(58)35-39-22-27-47(66)53(76-55)52(39)59/h11,13-14,19-20,22-27,36-37,44,50,55H,8-10,12,15-18,21,28-35,38H2,1-7H3,(H4-,61,62,66,67,68,69,70,71,72,73,74)/t44-,50?,55-,58?,59+,60-/m1/s1. The molecule has 16 nitrogen and oxygen atoms in total. The molecule has 0 aromatic heterocycles. The van der Waals surface area contributed by atoms with Crippen LogP contribution in [-0.2, 0) is 57.2 Å². The van der Waals surface area contributed by atoms with Crippen molar-refractivity contribution in [2.45, 2.75) is 162 Å². The van der Waals surface area contributed by atoms with Crippen molar-refractivity contribution in [3.05, 3.63) is 107 Å². The van der Waals surface area contributed by atoms with Crippen LogP contribution in [0.25, 0.3) is 0 Å². The number of benzene rings is 3. The second-order valence-electron chi connectivity index (χ2n) is 23.9. The van der Waals surface area contributed by atoms with Crippen LogP contribution < -0.4 is 20.3 Å². The van der Waals surface area contributed by atoms with Gasteiger partial charge in [0.2, 0.25) is 17.5 Å². The minimum absolute atomic E-state index is 0.0113. The molecule has 8 aliphatic rings. The number of piperidine rings is 1. The molecule has 4 aliphatic carbocycles. The van der Waals surface area contributed by atoms with Gasteiger partial charge >= 0.3 is 0 Å². The van der Waals surface area contributed by atoms with Crippen LogP contribution in [0.5, 0.6) is 11.5 Å². The lowest BCUT2D eigenvalue weighted by Gasteiger charge is -2.73. The maximum Gasteiger partial charge on any atom is 0.294 e. The molecule has 2 unspecified atom stereocenters. The van der Waals surface area contributed by atoms with Crippen LogP contribution in [0, 0.1) is 11.3 Å². The third kappa shape index (κ3) is 9.04. The molecule has 6 atom stereocenters. The van der Waals surface area contributed by atoms with Crippen molar-refractivity contribution in [1.29, 1.82) is 0 Å². The molecule has 11 rings (SSSR count). The largest absolute Gasteiger partial charge is 0.744 e. The van der Waals surface area contributed by atoms with Gasteiger partial charge in [-0.2, -0.15) is 13.0 Å². The average molecular weight is 1110 g/mol. The molecule has 2 amide bonds. The van der Waals surface area contributed by atoms with Crippen LogP contribution >= 0.6 is 0 Å². The number of amides is 2. The fraction of sp³-hybridized carbons (Fsp3) is 0.550. The van der Waals surface area contributed by atoms with Crippen LogP contribution in [0.4, 0.5) is 11.4 Å². The summed E-state index contributed by atoms with van der Waals surface area (Å²) in [6, 6.07) is 13.3. The minimum atomic E-state index is -4.68. The number of hydrogen-bond acceptors (Lipinski definition) is 12. The zero-order chi connectivity index (χ0) is 55.8. The van der Waals surface area contributed by atoms with Crippen LogP contribution in [0.15, 0.2) is 94.4 Å². The van der Waals surface area contributed by atoms with Gasteiger partial charge in [0.05, 0.1) is 21.1 Å². The highest BCUT2D eigenvalue weighted by Crippen LogP contribution is 2.76. The van der Waals surface area contributed by atoms with Crippen molar-refractivity contribution in [2.24, 2.45) is 11.3 Å². The van der Waals surface area contributed by atoms with Crippen LogP contribution in [0.2, 0.25) is 0 Å². The first-order chi connectivity index (χ1) is 37.0. The molecule has 420 valence electrons. The SMILES string of the molecule is CCN1/C(=C/C=C/C=C/C2=[N+](CCCCCC(=O)NCCCCCCNC(=O)[C@H]3CC45CC[C@]3(OC)[C@@H]3Oc6c(O)ccc7c6[C@@]34CCN(C)C5C7)c3ccc(S(=O)(=O)[O-])cc3C2(C)C)C(C)(C)c2cc(S(=O)(=O)O)ccc21. The summed E-state index contributed by atoms with van der Waals surface area (Å²) in [6.07, 6.45) is 19.9. The minimum Gasteiger partial charge on any atom is -0.744 e. The van der Waals surface area contributed by atoms with E-state index in [4.69, 9.17) is 9.47 Å². The van der Waals surface area contributed by atoms with Gasteiger partial charge in [-0.15, -0.1) is 0 Å². The quantitative estimate of drug-likeness (QED) is 0.0343. The first kappa shape index (κ1) is 55.9. The monoisotopic (exact) mass is 1110 g/mol. The van der Waals surface area contributed by atoms with Crippen LogP contribution in [0.1, 0.15) is 134 Å². The molecule has 3 saturated carbocycles. The Labute approximate surface area is 460 Å². The molecular formula is C60H77N5O11S2. The molecule has 4 fully saturated rings. The van der Waals surface area contributed by atoms with E-state index in [0.717, 1.165) is 111 Å². The number of unbranched alkanes of at least 4 members (excludes halogenated alkanes) is 5. The van der Waals surface area contributed by atoms with Crippen molar-refractivity contribution >= 4 is 49.1 Å². The molecule has 4 bridgehead atoms. The number of phenols is 1. The number of hydrogen-bond donors (Lipinski definition) is 4. The fourth-order valence-electron chi connectivity index (χ4n) is 15.5. The third-order valence-corrected chi connectivity index (χ3v) is 21.0. The van der Waals surface area contributed by atoms with Crippen molar-refractivity contribution in [1.82, 2.24) is 15.5 Å². The molecular weight excluding hydrogens is 1030 g/mol. The maximum atomic E-state index is 14.3. The third-order valence-electron chi connectivity index (χ3n) is 19.3. The van der Waals surface area contributed by atoms with E-state index >= 15 is 0 Å². The van der Waals surface area contributed by atoms with E-state index in [1.807, 2.05) is 65.0 Å². The lowest BCUT2D eigenvalue weighted by molar-refractivity contribution is -0.438. The number of nitrogens with one attached hydrogen (secondary N) is 2. The van der Waals surface area contributed by atoms with E-state index in [1.54, 1.807) is 25.3 Å². The Kier molecular flexibility index (Phi) is 14.8. The van der Waals surface area contributed by atoms with Gasteiger partial charge in [-0.3, -0.25) is 14.1 Å². The lowest BCUT2D eigenvalue weighted by atomic mass is 9.35. The first-order valence-electron chi connectivity index (χ1n) is 28.0. The first-order valence-corrected chi connectivity index (χ1v) is 30.8. The van der Waals surface area contributed by atoms with Gasteiger partial charge in [-0.25, -0.2) is 8.42 Å². The summed E-state index contributed by atoms with van der Waals surface area (Å²) < 4.78 is 85.5. The van der Waals surface area contributed by atoms with E-state index in [0.29, 0.717) is 44.8 Å². The van der Waals surface area contributed by atoms with Gasteiger partial charge < -0.3 is 39.6 Å². The molecule has 3 aromatic rings. The average Bonchev–Trinajstić information content (AvgIpc) is 4.15. The Morgan fingerprint density at radius 2 is 1.59 bits per heavy atom. The number of phenolic OH excluding ortho intramolecular Hbond substituents is 1. The van der Waals surface area contributed by atoms with Crippen LogP contribution in [0.3, 0.4) is 0 Å². The summed E-state index contributed by atoms with van der Waals surface area (Å²) in [5.41, 5.74) is 5.17. The normalized spacial score (nSPS) is 27.6. The summed E-state index contributed by atoms with van der Waals surface area (Å²) in [7, 11) is -5.11. The molecule has 3 aromatic carbocycles. The molecule has 1 saturated heterocycles. The van der Waals surface area contributed by atoms with Crippen molar-refractivity contribution < 1.29 is 54.7 Å². The highest BCUT2D eigenvalue weighted by molar-refractivity contribution is 7.86. The van der Waals surface area contributed by atoms with E-state index in [2.05, 4.69) is 38.1 Å². The van der Waals surface area contributed by atoms with Gasteiger partial charge in [0.25, 0.3) is 10.1 Å². The number of carbonyl (C=O) groups is 2. The Bertz CT molecular complexity index is 3280. The Hall–Kier alpha value is -5.37. The smallest absolute Gasteiger partial charge is 0.294 e. The molecule has 78 heavy (non-hydrogen) atoms. The molecule has 2 spiro atoms. The second kappa shape index (κ2) is 20.6. The fourth-order valence-corrected chi connectivity index (χ4v) is 16.5. The molecule has 18 heteroatoms. The number of fused-ring (bicyclic) bond motifs is 4. The van der Waals surface area contributed by atoms with E-state index in [-0.39, 0.29) is 56.2 Å². The van der Waals surface area contributed by atoms with Gasteiger partial charge in [0.15, 0.2) is 17.2 Å². The molecule has 4 N–H and O–H groups in total. The number of nitrogens with zero attached hydrogens (tertiary/aromatic N) is 3. The highest BCUT2D eigenvalue weighted by Gasteiger charge is 2.81. The number of carbonyl (C=O) groups excluding carboxylic acids is 2. The molecule has 4 aliphatic heterocycles. The summed E-state index contributed by atoms with van der Waals surface area (Å²) in [4.78, 5) is 31.4.